The third-order valence-electron chi connectivity index (χ3n) is 1.11. The Hall–Kier alpha value is 0.297. The number of rotatable bonds is 4. The van der Waals surface area contributed by atoms with Crippen molar-refractivity contribution >= 4 is 0 Å². The molecule has 48 valence electrons. The van der Waals surface area contributed by atoms with Crippen LogP contribution >= 0.6 is 0 Å². The molecule has 0 heterocycles. The maximum Gasteiger partial charge on any atom is 1.00 e. The van der Waals surface area contributed by atoms with Gasteiger partial charge < -0.3 is 5.11 Å². The molecule has 0 radical (unpaired) electrons. The summed E-state index contributed by atoms with van der Waals surface area (Å²) in [4.78, 5) is 0. The summed E-state index contributed by atoms with van der Waals surface area (Å²) in [6.07, 6.45) is 3.82. The minimum Gasteiger partial charge on any atom is -0.849 e. The first-order valence-electron chi connectivity index (χ1n) is 3.09. The molecule has 0 aliphatic rings. The summed E-state index contributed by atoms with van der Waals surface area (Å²) < 4.78 is 0. The summed E-state index contributed by atoms with van der Waals surface area (Å²) in [6, 6.07) is 0. The van der Waals surface area contributed by atoms with Crippen molar-refractivity contribution in [3.63, 3.8) is 0 Å². The average molecular weight is 120 g/mol. The maximum atomic E-state index is 10.5. The van der Waals surface area contributed by atoms with Crippen molar-refractivity contribution < 1.29 is 24.0 Å². The first-order valence-corrected chi connectivity index (χ1v) is 3.09. The molecular formula is C7H13LiO. The van der Waals surface area contributed by atoms with Gasteiger partial charge in [-0.2, -0.15) is 0 Å². The SMILES string of the molecule is C=CC([O-])CCCC.[Li+]. The molecule has 0 fully saturated rings. The Morgan fingerprint density at radius 1 is 1.67 bits per heavy atom. The zero-order valence-corrected chi connectivity index (χ0v) is 6.39. The van der Waals surface area contributed by atoms with Crippen molar-refractivity contribution in [2.24, 2.45) is 0 Å². The van der Waals surface area contributed by atoms with Crippen LogP contribution in [-0.4, -0.2) is 6.10 Å². The van der Waals surface area contributed by atoms with E-state index in [1.807, 2.05) is 0 Å². The molecule has 0 amide bonds. The van der Waals surface area contributed by atoms with Gasteiger partial charge in [-0.25, -0.2) is 0 Å². The molecule has 2 heteroatoms. The first-order chi connectivity index (χ1) is 3.81. The molecule has 0 rings (SSSR count). The first kappa shape index (κ1) is 12.0. The van der Waals surface area contributed by atoms with Crippen LogP contribution in [0.5, 0.6) is 0 Å². The van der Waals surface area contributed by atoms with Gasteiger partial charge in [-0.05, 0) is 0 Å². The largest absolute Gasteiger partial charge is 1.00 e. The fourth-order valence-corrected chi connectivity index (χ4v) is 0.523. The molecule has 0 aromatic heterocycles. The van der Waals surface area contributed by atoms with E-state index < -0.39 is 6.10 Å². The molecule has 0 spiro atoms. The van der Waals surface area contributed by atoms with E-state index >= 15 is 0 Å². The van der Waals surface area contributed by atoms with Gasteiger partial charge in [-0.3, -0.25) is 0 Å². The molecule has 0 N–H and O–H groups in total. The molecule has 0 saturated heterocycles. The van der Waals surface area contributed by atoms with E-state index in [4.69, 9.17) is 0 Å². The number of hydrogen-bond donors (Lipinski definition) is 0. The van der Waals surface area contributed by atoms with Gasteiger partial charge in [0.1, 0.15) is 0 Å². The molecule has 1 unspecified atom stereocenters. The Labute approximate surface area is 69.3 Å². The van der Waals surface area contributed by atoms with Crippen LogP contribution in [0.2, 0.25) is 0 Å². The van der Waals surface area contributed by atoms with E-state index in [1.54, 1.807) is 0 Å². The summed E-state index contributed by atoms with van der Waals surface area (Å²) in [6.45, 7) is 5.48. The normalized spacial score (nSPS) is 11.8. The topological polar surface area (TPSA) is 23.1 Å². The second-order valence-corrected chi connectivity index (χ2v) is 1.92. The van der Waals surface area contributed by atoms with Crippen LogP contribution < -0.4 is 24.0 Å². The zero-order valence-electron chi connectivity index (χ0n) is 6.39. The van der Waals surface area contributed by atoms with E-state index in [0.717, 1.165) is 19.3 Å². The minimum atomic E-state index is -0.532. The molecule has 0 aliphatic heterocycles. The second-order valence-electron chi connectivity index (χ2n) is 1.92. The Bertz CT molecular complexity index is 63.9. The summed E-state index contributed by atoms with van der Waals surface area (Å²) in [5.74, 6) is 0. The summed E-state index contributed by atoms with van der Waals surface area (Å²) in [7, 11) is 0. The van der Waals surface area contributed by atoms with Crippen LogP contribution in [0.3, 0.4) is 0 Å². The van der Waals surface area contributed by atoms with Crippen LogP contribution in [0.1, 0.15) is 26.2 Å². The quantitative estimate of drug-likeness (QED) is 0.314. The average Bonchev–Trinajstić information content (AvgIpc) is 1.83. The van der Waals surface area contributed by atoms with Crippen molar-refractivity contribution in [1.82, 2.24) is 0 Å². The molecule has 1 atom stereocenters. The van der Waals surface area contributed by atoms with Gasteiger partial charge >= 0.3 is 18.9 Å². The molecule has 1 nitrogen and oxygen atoms in total. The molecule has 0 aromatic rings. The Kier molecular flexibility index (Phi) is 11.1. The number of unbranched alkanes of at least 4 members (excludes halogenated alkanes) is 1. The molecule has 0 bridgehead atoms. The van der Waals surface area contributed by atoms with Crippen LogP contribution in [0.4, 0.5) is 0 Å². The molecule has 0 saturated carbocycles. The summed E-state index contributed by atoms with van der Waals surface area (Å²) in [5.41, 5.74) is 0. The van der Waals surface area contributed by atoms with E-state index in [-0.39, 0.29) is 18.9 Å². The predicted molar refractivity (Wildman–Crippen MR) is 33.5 cm³/mol. The molecule has 0 aromatic carbocycles. The van der Waals surface area contributed by atoms with Gasteiger partial charge in [-0.1, -0.05) is 26.2 Å². The minimum absolute atomic E-state index is 0. The second kappa shape index (κ2) is 8.30. The van der Waals surface area contributed by atoms with Crippen LogP contribution in [0, 0.1) is 0 Å². The monoisotopic (exact) mass is 120 g/mol. The molecule has 9 heavy (non-hydrogen) atoms. The number of hydrogen-bond acceptors (Lipinski definition) is 1. The third kappa shape index (κ3) is 8.30. The van der Waals surface area contributed by atoms with Crippen molar-refractivity contribution in [2.45, 2.75) is 32.3 Å². The van der Waals surface area contributed by atoms with Crippen molar-refractivity contribution in [3.05, 3.63) is 12.7 Å². The zero-order chi connectivity index (χ0) is 6.41. The van der Waals surface area contributed by atoms with Crippen LogP contribution in [0.25, 0.3) is 0 Å². The van der Waals surface area contributed by atoms with Crippen LogP contribution in [-0.2, 0) is 0 Å². The van der Waals surface area contributed by atoms with Crippen LogP contribution in [0.15, 0.2) is 12.7 Å². The van der Waals surface area contributed by atoms with E-state index in [1.165, 1.54) is 6.08 Å². The van der Waals surface area contributed by atoms with Gasteiger partial charge in [0.2, 0.25) is 0 Å². The fourth-order valence-electron chi connectivity index (χ4n) is 0.523. The van der Waals surface area contributed by atoms with E-state index in [2.05, 4.69) is 13.5 Å². The Balaban J connectivity index is 0. The van der Waals surface area contributed by atoms with Crippen molar-refractivity contribution in [1.29, 1.82) is 0 Å². The van der Waals surface area contributed by atoms with E-state index in [9.17, 15) is 5.11 Å². The van der Waals surface area contributed by atoms with Gasteiger partial charge in [0, 0.05) is 0 Å². The Morgan fingerprint density at radius 2 is 2.22 bits per heavy atom. The third-order valence-corrected chi connectivity index (χ3v) is 1.11. The summed E-state index contributed by atoms with van der Waals surface area (Å²) in [5, 5.41) is 10.5. The molecular weight excluding hydrogens is 107 g/mol. The predicted octanol–water partition coefficient (Wildman–Crippen LogP) is -1.90. The van der Waals surface area contributed by atoms with Crippen molar-refractivity contribution in [3.8, 4) is 0 Å². The smallest absolute Gasteiger partial charge is 0.849 e. The standard InChI is InChI=1S/C7H13O.Li/c1-3-5-6-7(8)4-2;/h4,7H,2-3,5-6H2,1H3;/q-1;+1. The van der Waals surface area contributed by atoms with Gasteiger partial charge in [0.05, 0.1) is 0 Å². The van der Waals surface area contributed by atoms with Gasteiger partial charge in [-0.15, -0.1) is 18.8 Å². The summed E-state index contributed by atoms with van der Waals surface area (Å²) >= 11 is 0. The van der Waals surface area contributed by atoms with E-state index in [0.29, 0.717) is 0 Å². The van der Waals surface area contributed by atoms with Gasteiger partial charge in [0.15, 0.2) is 0 Å². The maximum absolute atomic E-state index is 10.5. The Morgan fingerprint density at radius 3 is 2.56 bits per heavy atom. The molecule has 0 aliphatic carbocycles. The van der Waals surface area contributed by atoms with Crippen molar-refractivity contribution in [2.75, 3.05) is 0 Å². The fraction of sp³-hybridized carbons (Fsp3) is 0.714. The van der Waals surface area contributed by atoms with Gasteiger partial charge in [0.25, 0.3) is 0 Å².